The summed E-state index contributed by atoms with van der Waals surface area (Å²) >= 11 is 1.63. The SMILES string of the molecule is CC(=O)C1CN(CNC(=O)Nc2cc(-c3cccs3)ccc2N)C1. The average Bonchev–Trinajstić information content (AvgIpc) is 3.01. The molecule has 0 spiro atoms. The topological polar surface area (TPSA) is 87.5 Å². The van der Waals surface area contributed by atoms with Crippen LogP contribution in [0.25, 0.3) is 10.4 Å². The van der Waals surface area contributed by atoms with E-state index in [1.165, 1.54) is 0 Å². The Morgan fingerprint density at radius 1 is 1.33 bits per heavy atom. The molecule has 0 aliphatic carbocycles. The minimum atomic E-state index is -0.309. The molecule has 0 radical (unpaired) electrons. The summed E-state index contributed by atoms with van der Waals surface area (Å²) in [6, 6.07) is 9.30. The Bertz CT molecular complexity index is 739. The molecule has 2 aromatic rings. The quantitative estimate of drug-likeness (QED) is 0.728. The highest BCUT2D eigenvalue weighted by Crippen LogP contribution is 2.30. The van der Waals surface area contributed by atoms with Crippen molar-refractivity contribution < 1.29 is 9.59 Å². The number of urea groups is 1. The molecule has 1 aromatic heterocycles. The van der Waals surface area contributed by atoms with Gasteiger partial charge in [0.05, 0.1) is 18.0 Å². The Labute approximate surface area is 144 Å². The second kappa shape index (κ2) is 7.02. The second-order valence-electron chi connectivity index (χ2n) is 5.91. The number of Topliss-reactive ketones (excluding diaryl/α,β-unsaturated/α-hetero) is 1. The zero-order valence-corrected chi connectivity index (χ0v) is 14.2. The standard InChI is InChI=1S/C17H20N4O2S/c1-11(22)13-8-21(9-13)10-19-17(23)20-15-7-12(4-5-14(15)18)16-3-2-6-24-16/h2-7,13H,8-10,18H2,1H3,(H2,19,20,23). The first-order valence-corrected chi connectivity index (χ1v) is 8.62. The fourth-order valence-corrected chi connectivity index (χ4v) is 3.29. The van der Waals surface area contributed by atoms with Gasteiger partial charge in [0, 0.05) is 23.9 Å². The van der Waals surface area contributed by atoms with Crippen molar-refractivity contribution in [1.82, 2.24) is 10.2 Å². The van der Waals surface area contributed by atoms with Gasteiger partial charge in [-0.25, -0.2) is 4.79 Å². The van der Waals surface area contributed by atoms with Crippen LogP contribution in [-0.2, 0) is 4.79 Å². The minimum Gasteiger partial charge on any atom is -0.397 e. The van der Waals surface area contributed by atoms with Crippen LogP contribution in [0, 0.1) is 5.92 Å². The van der Waals surface area contributed by atoms with Gasteiger partial charge in [-0.05, 0) is 36.1 Å². The number of nitrogens with zero attached hydrogens (tertiary/aromatic N) is 1. The van der Waals surface area contributed by atoms with Crippen LogP contribution in [-0.4, -0.2) is 36.5 Å². The number of hydrogen-bond acceptors (Lipinski definition) is 5. The van der Waals surface area contributed by atoms with Crippen molar-refractivity contribution in [3.8, 4) is 10.4 Å². The highest BCUT2D eigenvalue weighted by Gasteiger charge is 2.29. The normalized spacial score (nSPS) is 14.9. The predicted octanol–water partition coefficient (Wildman–Crippen LogP) is 2.60. The van der Waals surface area contributed by atoms with Crippen LogP contribution < -0.4 is 16.4 Å². The smallest absolute Gasteiger partial charge is 0.320 e. The van der Waals surface area contributed by atoms with Gasteiger partial charge >= 0.3 is 6.03 Å². The molecule has 1 aliphatic heterocycles. The Morgan fingerprint density at radius 3 is 2.79 bits per heavy atom. The third kappa shape index (κ3) is 3.74. The summed E-state index contributed by atoms with van der Waals surface area (Å²) < 4.78 is 0. The van der Waals surface area contributed by atoms with Crippen molar-refractivity contribution in [3.63, 3.8) is 0 Å². The lowest BCUT2D eigenvalue weighted by Crippen LogP contribution is -2.54. The first kappa shape index (κ1) is 16.5. The van der Waals surface area contributed by atoms with Gasteiger partial charge in [0.25, 0.3) is 0 Å². The summed E-state index contributed by atoms with van der Waals surface area (Å²) in [6.45, 7) is 3.42. The van der Waals surface area contributed by atoms with E-state index in [-0.39, 0.29) is 17.7 Å². The number of nitrogens with two attached hydrogens (primary N) is 1. The molecule has 0 bridgehead atoms. The molecule has 2 heterocycles. The van der Waals surface area contributed by atoms with Crippen LogP contribution in [0.15, 0.2) is 35.7 Å². The van der Waals surface area contributed by atoms with Crippen molar-refractivity contribution >= 4 is 34.5 Å². The third-order valence-electron chi connectivity index (χ3n) is 4.10. The molecule has 0 unspecified atom stereocenters. The van der Waals surface area contributed by atoms with Gasteiger partial charge in [-0.1, -0.05) is 12.1 Å². The van der Waals surface area contributed by atoms with Crippen LogP contribution in [0.5, 0.6) is 0 Å². The highest BCUT2D eigenvalue weighted by atomic mass is 32.1. The summed E-state index contributed by atoms with van der Waals surface area (Å²) in [6.07, 6.45) is 0. The first-order chi connectivity index (χ1) is 11.5. The Morgan fingerprint density at radius 2 is 2.12 bits per heavy atom. The molecule has 0 saturated carbocycles. The van der Waals surface area contributed by atoms with E-state index < -0.39 is 0 Å². The molecular weight excluding hydrogens is 324 g/mol. The predicted molar refractivity (Wildman–Crippen MR) is 96.9 cm³/mol. The molecule has 1 fully saturated rings. The number of benzene rings is 1. The van der Waals surface area contributed by atoms with Gasteiger partial charge in [-0.15, -0.1) is 11.3 Å². The van der Waals surface area contributed by atoms with Gasteiger partial charge in [0.2, 0.25) is 0 Å². The molecule has 24 heavy (non-hydrogen) atoms. The van der Waals surface area contributed by atoms with Crippen LogP contribution >= 0.6 is 11.3 Å². The zero-order valence-electron chi connectivity index (χ0n) is 13.4. The molecule has 1 aliphatic rings. The zero-order chi connectivity index (χ0) is 17.1. The van der Waals surface area contributed by atoms with E-state index in [9.17, 15) is 9.59 Å². The van der Waals surface area contributed by atoms with Gasteiger partial charge in [-0.2, -0.15) is 0 Å². The number of hydrogen-bond donors (Lipinski definition) is 3. The van der Waals surface area contributed by atoms with E-state index in [2.05, 4.69) is 10.6 Å². The van der Waals surface area contributed by atoms with E-state index in [0.717, 1.165) is 10.4 Å². The van der Waals surface area contributed by atoms with E-state index >= 15 is 0 Å². The number of nitrogens with one attached hydrogen (secondary N) is 2. The van der Waals surface area contributed by atoms with Crippen LogP contribution in [0.4, 0.5) is 16.2 Å². The maximum atomic E-state index is 12.1. The molecule has 1 saturated heterocycles. The van der Waals surface area contributed by atoms with Gasteiger partial charge < -0.3 is 16.4 Å². The fraction of sp³-hybridized carbons (Fsp3) is 0.294. The van der Waals surface area contributed by atoms with Crippen molar-refractivity contribution in [2.75, 3.05) is 30.8 Å². The third-order valence-corrected chi connectivity index (χ3v) is 5.02. The maximum Gasteiger partial charge on any atom is 0.320 e. The Hall–Kier alpha value is -2.38. The molecule has 7 heteroatoms. The lowest BCUT2D eigenvalue weighted by molar-refractivity contribution is -0.125. The van der Waals surface area contributed by atoms with Gasteiger partial charge in [0.15, 0.2) is 0 Å². The number of thiophene rings is 1. The van der Waals surface area contributed by atoms with E-state index in [1.54, 1.807) is 24.3 Å². The average molecular weight is 344 g/mol. The van der Waals surface area contributed by atoms with Crippen LogP contribution in [0.2, 0.25) is 0 Å². The Balaban J connectivity index is 1.55. The Kier molecular flexibility index (Phi) is 4.82. The van der Waals surface area contributed by atoms with E-state index in [0.29, 0.717) is 31.1 Å². The molecule has 6 nitrogen and oxygen atoms in total. The van der Waals surface area contributed by atoms with E-state index in [4.69, 9.17) is 5.73 Å². The number of ketones is 1. The largest absolute Gasteiger partial charge is 0.397 e. The van der Waals surface area contributed by atoms with Crippen molar-refractivity contribution in [1.29, 1.82) is 0 Å². The molecular formula is C17H20N4O2S. The molecule has 126 valence electrons. The number of carbonyl (C=O) groups is 2. The summed E-state index contributed by atoms with van der Waals surface area (Å²) in [5.41, 5.74) is 8.07. The molecule has 0 atom stereocenters. The van der Waals surface area contributed by atoms with Crippen molar-refractivity contribution in [2.45, 2.75) is 6.92 Å². The number of anilines is 2. The monoisotopic (exact) mass is 344 g/mol. The van der Waals surface area contributed by atoms with Crippen molar-refractivity contribution in [2.24, 2.45) is 5.92 Å². The molecule has 3 rings (SSSR count). The number of likely N-dealkylation sites (tertiary alicyclic amines) is 1. The number of carbonyl (C=O) groups excluding carboxylic acids is 2. The summed E-state index contributed by atoms with van der Waals surface area (Å²) in [4.78, 5) is 26.4. The highest BCUT2D eigenvalue weighted by molar-refractivity contribution is 7.13. The minimum absolute atomic E-state index is 0.105. The fourth-order valence-electron chi connectivity index (χ4n) is 2.57. The number of rotatable bonds is 5. The maximum absolute atomic E-state index is 12.1. The van der Waals surface area contributed by atoms with Crippen molar-refractivity contribution in [3.05, 3.63) is 35.7 Å². The van der Waals surface area contributed by atoms with Crippen LogP contribution in [0.1, 0.15) is 6.92 Å². The summed E-state index contributed by atoms with van der Waals surface area (Å²) in [5.74, 6) is 0.307. The lowest BCUT2D eigenvalue weighted by Gasteiger charge is -2.37. The summed E-state index contributed by atoms with van der Waals surface area (Å²) in [5, 5.41) is 7.58. The van der Waals surface area contributed by atoms with E-state index in [1.807, 2.05) is 34.5 Å². The first-order valence-electron chi connectivity index (χ1n) is 7.74. The molecule has 1 aromatic carbocycles. The lowest BCUT2D eigenvalue weighted by atomic mass is 9.97. The molecule has 4 N–H and O–H groups in total. The van der Waals surface area contributed by atoms with Crippen LogP contribution in [0.3, 0.4) is 0 Å². The second-order valence-corrected chi connectivity index (χ2v) is 6.86. The van der Waals surface area contributed by atoms with Gasteiger partial charge in [-0.3, -0.25) is 9.69 Å². The number of amides is 2. The summed E-state index contributed by atoms with van der Waals surface area (Å²) in [7, 11) is 0. The number of nitrogen functional groups attached to an aromatic ring is 1. The van der Waals surface area contributed by atoms with Gasteiger partial charge in [0.1, 0.15) is 5.78 Å². The molecule has 2 amide bonds.